The van der Waals surface area contributed by atoms with Crippen molar-refractivity contribution in [1.29, 1.82) is 0 Å². The molecule has 118 valence electrons. The first-order valence-electron chi connectivity index (χ1n) is 7.82. The van der Waals surface area contributed by atoms with Crippen LogP contribution >= 0.6 is 0 Å². The average Bonchev–Trinajstić information content (AvgIpc) is 3.05. The fourth-order valence-electron chi connectivity index (χ4n) is 3.14. The summed E-state index contributed by atoms with van der Waals surface area (Å²) < 4.78 is 7.99. The van der Waals surface area contributed by atoms with E-state index in [1.807, 2.05) is 10.6 Å². The van der Waals surface area contributed by atoms with Crippen molar-refractivity contribution in [3.05, 3.63) is 54.1 Å². The summed E-state index contributed by atoms with van der Waals surface area (Å²) in [7, 11) is 0. The molecule has 6 heteroatoms. The number of hydrogen-bond donors (Lipinski definition) is 0. The number of rotatable bonds is 2. The van der Waals surface area contributed by atoms with Crippen LogP contribution in [0.1, 0.15) is 24.2 Å². The summed E-state index contributed by atoms with van der Waals surface area (Å²) in [6, 6.07) is 8.62. The molecular formula is C17H19N5O. The standard InChI is InChI=1S/C17H19N5O/c1-12-5-3-4-6-14(12)15-9-22(13(2)10-23-15)16-17-20-19-11-21(17)8-7-18-16/h3-8,11,13,15H,9-10H2,1-2H3/t13-,15-/m0/s1. The minimum absolute atomic E-state index is 0.0392. The van der Waals surface area contributed by atoms with Gasteiger partial charge in [-0.3, -0.25) is 4.40 Å². The van der Waals surface area contributed by atoms with Crippen molar-refractivity contribution in [2.45, 2.75) is 26.0 Å². The molecule has 3 heterocycles. The zero-order valence-electron chi connectivity index (χ0n) is 13.3. The highest BCUT2D eigenvalue weighted by atomic mass is 16.5. The summed E-state index contributed by atoms with van der Waals surface area (Å²) in [5.74, 6) is 0.861. The van der Waals surface area contributed by atoms with E-state index in [0.717, 1.165) is 18.0 Å². The van der Waals surface area contributed by atoms with Crippen LogP contribution in [0.4, 0.5) is 5.82 Å². The highest BCUT2D eigenvalue weighted by molar-refractivity contribution is 5.64. The van der Waals surface area contributed by atoms with Crippen LogP contribution in [0.25, 0.3) is 5.65 Å². The Morgan fingerprint density at radius 1 is 1.26 bits per heavy atom. The van der Waals surface area contributed by atoms with Gasteiger partial charge in [0.1, 0.15) is 12.4 Å². The van der Waals surface area contributed by atoms with Crippen LogP contribution in [-0.2, 0) is 4.74 Å². The molecule has 2 atom stereocenters. The molecule has 23 heavy (non-hydrogen) atoms. The van der Waals surface area contributed by atoms with Gasteiger partial charge in [-0.05, 0) is 25.0 Å². The summed E-state index contributed by atoms with van der Waals surface area (Å²) in [4.78, 5) is 6.82. The average molecular weight is 309 g/mol. The first kappa shape index (κ1) is 14.1. The fourth-order valence-corrected chi connectivity index (χ4v) is 3.14. The lowest BCUT2D eigenvalue weighted by atomic mass is 10.0. The van der Waals surface area contributed by atoms with E-state index >= 15 is 0 Å². The highest BCUT2D eigenvalue weighted by Crippen LogP contribution is 2.30. The summed E-state index contributed by atoms with van der Waals surface area (Å²) in [5, 5.41) is 8.20. The second kappa shape index (κ2) is 5.62. The second-order valence-electron chi connectivity index (χ2n) is 5.99. The maximum atomic E-state index is 6.09. The zero-order valence-corrected chi connectivity index (χ0v) is 13.3. The Hall–Kier alpha value is -2.47. The Balaban J connectivity index is 1.70. The van der Waals surface area contributed by atoms with E-state index in [1.54, 1.807) is 12.5 Å². The number of ether oxygens (including phenoxy) is 1. The van der Waals surface area contributed by atoms with Gasteiger partial charge in [0.25, 0.3) is 0 Å². The van der Waals surface area contributed by atoms with Crippen molar-refractivity contribution in [3.8, 4) is 0 Å². The van der Waals surface area contributed by atoms with Crippen LogP contribution in [-0.4, -0.2) is 38.8 Å². The molecular weight excluding hydrogens is 290 g/mol. The maximum absolute atomic E-state index is 6.09. The van der Waals surface area contributed by atoms with Gasteiger partial charge in [0.2, 0.25) is 5.65 Å². The van der Waals surface area contributed by atoms with Gasteiger partial charge in [-0.2, -0.15) is 0 Å². The number of hydrogen-bond acceptors (Lipinski definition) is 5. The first-order chi connectivity index (χ1) is 11.2. The Labute approximate surface area is 134 Å². The lowest BCUT2D eigenvalue weighted by molar-refractivity contribution is 0.0209. The van der Waals surface area contributed by atoms with Crippen LogP contribution in [0.2, 0.25) is 0 Å². The molecule has 0 spiro atoms. The molecule has 0 saturated carbocycles. The van der Waals surface area contributed by atoms with Gasteiger partial charge in [-0.15, -0.1) is 10.2 Å². The first-order valence-corrected chi connectivity index (χ1v) is 7.82. The molecule has 1 aliphatic heterocycles. The van der Waals surface area contributed by atoms with E-state index in [-0.39, 0.29) is 12.1 Å². The van der Waals surface area contributed by atoms with Gasteiger partial charge in [0, 0.05) is 12.4 Å². The summed E-state index contributed by atoms with van der Waals surface area (Å²) >= 11 is 0. The molecule has 4 rings (SSSR count). The normalized spacial score (nSPS) is 21.7. The Morgan fingerprint density at radius 2 is 2.13 bits per heavy atom. The van der Waals surface area contributed by atoms with E-state index < -0.39 is 0 Å². The van der Waals surface area contributed by atoms with Crippen molar-refractivity contribution in [1.82, 2.24) is 19.6 Å². The van der Waals surface area contributed by atoms with E-state index in [4.69, 9.17) is 4.74 Å². The molecule has 0 aliphatic carbocycles. The molecule has 0 unspecified atom stereocenters. The van der Waals surface area contributed by atoms with Crippen LogP contribution in [0.15, 0.2) is 43.0 Å². The largest absolute Gasteiger partial charge is 0.370 e. The fraction of sp³-hybridized carbons (Fsp3) is 0.353. The van der Waals surface area contributed by atoms with Crippen LogP contribution in [0, 0.1) is 6.92 Å². The molecule has 0 N–H and O–H groups in total. The molecule has 1 saturated heterocycles. The van der Waals surface area contributed by atoms with Gasteiger partial charge >= 0.3 is 0 Å². The van der Waals surface area contributed by atoms with E-state index in [1.165, 1.54) is 11.1 Å². The zero-order chi connectivity index (χ0) is 15.8. The smallest absolute Gasteiger partial charge is 0.203 e. The number of anilines is 1. The Morgan fingerprint density at radius 3 is 3.00 bits per heavy atom. The van der Waals surface area contributed by atoms with Crippen LogP contribution < -0.4 is 4.90 Å². The number of fused-ring (bicyclic) bond motifs is 1. The van der Waals surface area contributed by atoms with Crippen molar-refractivity contribution < 1.29 is 4.74 Å². The number of morpholine rings is 1. The van der Waals surface area contributed by atoms with E-state index in [0.29, 0.717) is 6.61 Å². The van der Waals surface area contributed by atoms with Crippen molar-refractivity contribution >= 4 is 11.5 Å². The number of nitrogens with zero attached hydrogens (tertiary/aromatic N) is 5. The number of benzene rings is 1. The molecule has 1 aromatic carbocycles. The van der Waals surface area contributed by atoms with Gasteiger partial charge in [0.05, 0.1) is 19.2 Å². The quantitative estimate of drug-likeness (QED) is 0.727. The molecule has 1 fully saturated rings. The number of aromatic nitrogens is 4. The Kier molecular flexibility index (Phi) is 3.46. The maximum Gasteiger partial charge on any atom is 0.203 e. The molecule has 0 amide bonds. The third-order valence-corrected chi connectivity index (χ3v) is 4.44. The molecule has 3 aromatic rings. The third-order valence-electron chi connectivity index (χ3n) is 4.44. The SMILES string of the molecule is Cc1ccccc1[C@@H]1CN(c2nccn3cnnc23)[C@@H](C)CO1. The Bertz CT molecular complexity index is 830. The van der Waals surface area contributed by atoms with Gasteiger partial charge < -0.3 is 9.64 Å². The lowest BCUT2D eigenvalue weighted by Gasteiger charge is -2.39. The lowest BCUT2D eigenvalue weighted by Crippen LogP contribution is -2.46. The van der Waals surface area contributed by atoms with E-state index in [9.17, 15) is 0 Å². The van der Waals surface area contributed by atoms with Crippen LogP contribution in [0.5, 0.6) is 0 Å². The van der Waals surface area contributed by atoms with Gasteiger partial charge in [0.15, 0.2) is 5.82 Å². The van der Waals surface area contributed by atoms with Gasteiger partial charge in [-0.1, -0.05) is 24.3 Å². The molecule has 6 nitrogen and oxygen atoms in total. The summed E-state index contributed by atoms with van der Waals surface area (Å²) in [6.07, 6.45) is 5.39. The predicted molar refractivity (Wildman–Crippen MR) is 87.5 cm³/mol. The molecule has 2 aromatic heterocycles. The molecule has 0 radical (unpaired) electrons. The van der Waals surface area contributed by atoms with E-state index in [2.05, 4.69) is 58.2 Å². The topological polar surface area (TPSA) is 55.6 Å². The number of aryl methyl sites for hydroxylation is 1. The molecule has 1 aliphatic rings. The monoisotopic (exact) mass is 309 g/mol. The van der Waals surface area contributed by atoms with Gasteiger partial charge in [-0.25, -0.2) is 4.98 Å². The molecule has 0 bridgehead atoms. The van der Waals surface area contributed by atoms with Crippen molar-refractivity contribution in [3.63, 3.8) is 0 Å². The van der Waals surface area contributed by atoms with Crippen LogP contribution in [0.3, 0.4) is 0 Å². The van der Waals surface area contributed by atoms with Crippen molar-refractivity contribution in [2.75, 3.05) is 18.1 Å². The highest BCUT2D eigenvalue weighted by Gasteiger charge is 2.30. The summed E-state index contributed by atoms with van der Waals surface area (Å²) in [6.45, 7) is 5.69. The van der Waals surface area contributed by atoms with Crippen molar-refractivity contribution in [2.24, 2.45) is 0 Å². The second-order valence-corrected chi connectivity index (χ2v) is 5.99. The minimum Gasteiger partial charge on any atom is -0.370 e. The third kappa shape index (κ3) is 2.45. The minimum atomic E-state index is 0.0392. The predicted octanol–water partition coefficient (Wildman–Crippen LogP) is 2.40. The summed E-state index contributed by atoms with van der Waals surface area (Å²) in [5.41, 5.74) is 3.27.